The maximum Gasteiger partial charge on any atom is 0.150 e. The summed E-state index contributed by atoms with van der Waals surface area (Å²) in [6, 6.07) is 3.70. The van der Waals surface area contributed by atoms with Gasteiger partial charge in [0.1, 0.15) is 12.0 Å². The van der Waals surface area contributed by atoms with Crippen LogP contribution in [0.2, 0.25) is 0 Å². The third kappa shape index (κ3) is 2.34. The molecule has 0 aliphatic heterocycles. The molecule has 76 valence electrons. The van der Waals surface area contributed by atoms with Gasteiger partial charge in [-0.2, -0.15) is 0 Å². The maximum atomic E-state index is 10.6. The molecule has 0 N–H and O–H groups in total. The Morgan fingerprint density at radius 1 is 1.29 bits per heavy atom. The van der Waals surface area contributed by atoms with E-state index in [0.29, 0.717) is 5.56 Å². The standard InChI is InChI=1S/C12H16O2/c1-4-5-14-12-9(2)6-11(8-13)7-10(12)3/h6-8H,4-5H2,1-3H3. The Morgan fingerprint density at radius 2 is 1.86 bits per heavy atom. The lowest BCUT2D eigenvalue weighted by Gasteiger charge is -2.11. The maximum absolute atomic E-state index is 10.6. The van der Waals surface area contributed by atoms with E-state index in [1.165, 1.54) is 0 Å². The van der Waals surface area contributed by atoms with E-state index in [0.717, 1.165) is 36.2 Å². The average molecular weight is 192 g/mol. The van der Waals surface area contributed by atoms with E-state index in [4.69, 9.17) is 4.74 Å². The first-order chi connectivity index (χ1) is 6.69. The van der Waals surface area contributed by atoms with Gasteiger partial charge in [0.15, 0.2) is 0 Å². The Balaban J connectivity index is 2.99. The summed E-state index contributed by atoms with van der Waals surface area (Å²) in [5.74, 6) is 0.914. The summed E-state index contributed by atoms with van der Waals surface area (Å²) in [6.07, 6.45) is 1.86. The summed E-state index contributed by atoms with van der Waals surface area (Å²) in [6.45, 7) is 6.72. The molecule has 0 fully saturated rings. The van der Waals surface area contributed by atoms with Crippen molar-refractivity contribution in [1.29, 1.82) is 0 Å². The van der Waals surface area contributed by atoms with E-state index >= 15 is 0 Å². The zero-order chi connectivity index (χ0) is 10.6. The fraction of sp³-hybridized carbons (Fsp3) is 0.417. The quantitative estimate of drug-likeness (QED) is 0.686. The zero-order valence-corrected chi connectivity index (χ0v) is 8.96. The van der Waals surface area contributed by atoms with Crippen molar-refractivity contribution in [1.82, 2.24) is 0 Å². The van der Waals surface area contributed by atoms with E-state index in [1.807, 2.05) is 26.0 Å². The fourth-order valence-corrected chi connectivity index (χ4v) is 1.48. The van der Waals surface area contributed by atoms with Gasteiger partial charge in [-0.3, -0.25) is 4.79 Å². The number of carbonyl (C=O) groups is 1. The lowest BCUT2D eigenvalue weighted by molar-refractivity contribution is 0.112. The first-order valence-corrected chi connectivity index (χ1v) is 4.88. The van der Waals surface area contributed by atoms with E-state index in [9.17, 15) is 4.79 Å². The smallest absolute Gasteiger partial charge is 0.150 e. The monoisotopic (exact) mass is 192 g/mol. The zero-order valence-electron chi connectivity index (χ0n) is 8.96. The highest BCUT2D eigenvalue weighted by molar-refractivity contribution is 5.76. The van der Waals surface area contributed by atoms with Crippen LogP contribution in [0.25, 0.3) is 0 Å². The molecule has 0 aliphatic rings. The predicted octanol–water partition coefficient (Wildman–Crippen LogP) is 2.90. The molecule has 0 bridgehead atoms. The molecule has 0 unspecified atom stereocenters. The van der Waals surface area contributed by atoms with Crippen LogP contribution in [0.3, 0.4) is 0 Å². The Bertz CT molecular complexity index is 306. The number of hydrogen-bond acceptors (Lipinski definition) is 2. The van der Waals surface area contributed by atoms with Gasteiger partial charge in [0.05, 0.1) is 6.61 Å². The highest BCUT2D eigenvalue weighted by Crippen LogP contribution is 2.24. The van der Waals surface area contributed by atoms with Crippen molar-refractivity contribution >= 4 is 6.29 Å². The van der Waals surface area contributed by atoms with E-state index in [2.05, 4.69) is 6.92 Å². The Hall–Kier alpha value is -1.31. The number of aryl methyl sites for hydroxylation is 2. The van der Waals surface area contributed by atoms with Crippen LogP contribution in [0.5, 0.6) is 5.75 Å². The molecule has 1 aromatic rings. The molecule has 0 saturated carbocycles. The first kappa shape index (κ1) is 10.8. The Kier molecular flexibility index (Phi) is 3.69. The van der Waals surface area contributed by atoms with Crippen LogP contribution >= 0.6 is 0 Å². The van der Waals surface area contributed by atoms with Gasteiger partial charge in [0.25, 0.3) is 0 Å². The van der Waals surface area contributed by atoms with E-state index in [-0.39, 0.29) is 0 Å². The highest BCUT2D eigenvalue weighted by Gasteiger charge is 2.05. The van der Waals surface area contributed by atoms with Crippen LogP contribution in [-0.4, -0.2) is 12.9 Å². The summed E-state index contributed by atoms with van der Waals surface area (Å²) in [5, 5.41) is 0. The molecular weight excluding hydrogens is 176 g/mol. The van der Waals surface area contributed by atoms with Crippen LogP contribution < -0.4 is 4.74 Å². The molecule has 0 heterocycles. The Labute approximate surface area is 84.9 Å². The summed E-state index contributed by atoms with van der Waals surface area (Å²) in [7, 11) is 0. The molecule has 1 rings (SSSR count). The van der Waals surface area contributed by atoms with E-state index < -0.39 is 0 Å². The van der Waals surface area contributed by atoms with Crippen molar-refractivity contribution in [3.63, 3.8) is 0 Å². The van der Waals surface area contributed by atoms with Crippen LogP contribution in [0.1, 0.15) is 34.8 Å². The number of benzene rings is 1. The highest BCUT2D eigenvalue weighted by atomic mass is 16.5. The van der Waals surface area contributed by atoms with Crippen LogP contribution in [0.4, 0.5) is 0 Å². The van der Waals surface area contributed by atoms with Gasteiger partial charge in [-0.1, -0.05) is 6.92 Å². The second-order valence-corrected chi connectivity index (χ2v) is 3.45. The molecule has 14 heavy (non-hydrogen) atoms. The molecule has 0 aliphatic carbocycles. The number of ether oxygens (including phenoxy) is 1. The SMILES string of the molecule is CCCOc1c(C)cc(C=O)cc1C. The molecule has 0 spiro atoms. The molecule has 2 nitrogen and oxygen atoms in total. The first-order valence-electron chi connectivity index (χ1n) is 4.88. The normalized spacial score (nSPS) is 9.93. The number of rotatable bonds is 4. The van der Waals surface area contributed by atoms with Gasteiger partial charge in [0, 0.05) is 5.56 Å². The molecule has 0 radical (unpaired) electrons. The molecule has 0 saturated heterocycles. The van der Waals surface area contributed by atoms with E-state index in [1.54, 1.807) is 0 Å². The third-order valence-corrected chi connectivity index (χ3v) is 2.07. The topological polar surface area (TPSA) is 26.3 Å². The van der Waals surface area contributed by atoms with Gasteiger partial charge >= 0.3 is 0 Å². The van der Waals surface area contributed by atoms with Gasteiger partial charge in [0.2, 0.25) is 0 Å². The number of aldehydes is 1. The lowest BCUT2D eigenvalue weighted by Crippen LogP contribution is -2.00. The third-order valence-electron chi connectivity index (χ3n) is 2.07. The average Bonchev–Trinajstić information content (AvgIpc) is 2.16. The van der Waals surface area contributed by atoms with Crippen molar-refractivity contribution in [3.05, 3.63) is 28.8 Å². The lowest BCUT2D eigenvalue weighted by atomic mass is 10.1. The molecule has 0 atom stereocenters. The van der Waals surface area contributed by atoms with Crippen LogP contribution in [0.15, 0.2) is 12.1 Å². The molecule has 0 aromatic heterocycles. The summed E-state index contributed by atoms with van der Waals surface area (Å²) < 4.78 is 5.60. The molecule has 0 amide bonds. The second kappa shape index (κ2) is 4.80. The van der Waals surface area contributed by atoms with Crippen molar-refractivity contribution in [2.75, 3.05) is 6.61 Å². The van der Waals surface area contributed by atoms with Crippen molar-refractivity contribution in [3.8, 4) is 5.75 Å². The Morgan fingerprint density at radius 3 is 2.29 bits per heavy atom. The summed E-state index contributed by atoms with van der Waals surface area (Å²) in [5.41, 5.74) is 2.77. The van der Waals surface area contributed by atoms with Crippen molar-refractivity contribution < 1.29 is 9.53 Å². The van der Waals surface area contributed by atoms with Crippen LogP contribution in [0, 0.1) is 13.8 Å². The van der Waals surface area contributed by atoms with Gasteiger partial charge < -0.3 is 4.74 Å². The van der Waals surface area contributed by atoms with Crippen molar-refractivity contribution in [2.45, 2.75) is 27.2 Å². The molecular formula is C12H16O2. The predicted molar refractivity (Wildman–Crippen MR) is 57.1 cm³/mol. The second-order valence-electron chi connectivity index (χ2n) is 3.45. The minimum atomic E-state index is 0.712. The summed E-state index contributed by atoms with van der Waals surface area (Å²) >= 11 is 0. The van der Waals surface area contributed by atoms with Gasteiger partial charge in [-0.25, -0.2) is 0 Å². The molecule has 2 heteroatoms. The van der Waals surface area contributed by atoms with Crippen molar-refractivity contribution in [2.24, 2.45) is 0 Å². The minimum absolute atomic E-state index is 0.712. The van der Waals surface area contributed by atoms with Gasteiger partial charge in [-0.05, 0) is 43.5 Å². The van der Waals surface area contributed by atoms with Crippen LogP contribution in [-0.2, 0) is 0 Å². The number of hydrogen-bond donors (Lipinski definition) is 0. The fourth-order valence-electron chi connectivity index (χ4n) is 1.48. The summed E-state index contributed by atoms with van der Waals surface area (Å²) in [4.78, 5) is 10.6. The largest absolute Gasteiger partial charge is 0.493 e. The number of carbonyl (C=O) groups excluding carboxylic acids is 1. The van der Waals surface area contributed by atoms with Gasteiger partial charge in [-0.15, -0.1) is 0 Å². The minimum Gasteiger partial charge on any atom is -0.493 e. The molecule has 1 aromatic carbocycles.